The summed E-state index contributed by atoms with van der Waals surface area (Å²) < 4.78 is 1.19. The number of rotatable bonds is 7. The molecule has 1 aromatic carbocycles. The summed E-state index contributed by atoms with van der Waals surface area (Å²) in [6.07, 6.45) is 1.28. The van der Waals surface area contributed by atoms with E-state index in [0.29, 0.717) is 12.5 Å². The van der Waals surface area contributed by atoms with Crippen molar-refractivity contribution >= 4 is 38.7 Å². The SMILES string of the molecule is CCc1nc(CCNC(=NC)NCC(O)c2cc3ccccc3s2)cs1. The molecule has 0 saturated heterocycles. The number of fused-ring (bicyclic) bond motifs is 1. The molecule has 3 aromatic rings. The van der Waals surface area contributed by atoms with Gasteiger partial charge in [0.2, 0.25) is 0 Å². The summed E-state index contributed by atoms with van der Waals surface area (Å²) in [5.41, 5.74) is 1.11. The van der Waals surface area contributed by atoms with Gasteiger partial charge in [0, 0.05) is 41.5 Å². The molecule has 2 heterocycles. The molecule has 0 fully saturated rings. The first-order valence-electron chi connectivity index (χ1n) is 8.74. The fraction of sp³-hybridized carbons (Fsp3) is 0.368. The molecule has 1 atom stereocenters. The molecule has 0 aliphatic heterocycles. The lowest BCUT2D eigenvalue weighted by Crippen LogP contribution is -2.40. The summed E-state index contributed by atoms with van der Waals surface area (Å²) in [5, 5.41) is 21.4. The van der Waals surface area contributed by atoms with E-state index in [1.807, 2.05) is 12.1 Å². The fourth-order valence-electron chi connectivity index (χ4n) is 2.62. The number of nitrogens with zero attached hydrogens (tertiary/aromatic N) is 2. The maximum absolute atomic E-state index is 10.5. The van der Waals surface area contributed by atoms with Crippen LogP contribution >= 0.6 is 22.7 Å². The molecule has 3 N–H and O–H groups in total. The van der Waals surface area contributed by atoms with Gasteiger partial charge in [-0.3, -0.25) is 4.99 Å². The minimum Gasteiger partial charge on any atom is -0.386 e. The van der Waals surface area contributed by atoms with Gasteiger partial charge in [0.25, 0.3) is 0 Å². The van der Waals surface area contributed by atoms with Crippen LogP contribution < -0.4 is 10.6 Å². The molecule has 1 unspecified atom stereocenters. The van der Waals surface area contributed by atoms with E-state index in [0.717, 1.165) is 30.0 Å². The molecular formula is C19H24N4OS2. The van der Waals surface area contributed by atoms with Gasteiger partial charge in [-0.25, -0.2) is 4.98 Å². The molecule has 7 heteroatoms. The molecule has 0 aliphatic rings. The number of hydrogen-bond donors (Lipinski definition) is 3. The number of benzene rings is 1. The molecule has 26 heavy (non-hydrogen) atoms. The van der Waals surface area contributed by atoms with Crippen molar-refractivity contribution in [1.29, 1.82) is 0 Å². The second kappa shape index (κ2) is 9.12. The van der Waals surface area contributed by atoms with Crippen LogP contribution in [0.4, 0.5) is 0 Å². The Labute approximate surface area is 161 Å². The summed E-state index contributed by atoms with van der Waals surface area (Å²) in [7, 11) is 1.74. The topological polar surface area (TPSA) is 69.5 Å². The van der Waals surface area contributed by atoms with Crippen LogP contribution in [0.2, 0.25) is 0 Å². The lowest BCUT2D eigenvalue weighted by atomic mass is 10.2. The number of guanidine groups is 1. The molecule has 0 spiro atoms. The van der Waals surface area contributed by atoms with E-state index in [-0.39, 0.29) is 0 Å². The molecule has 0 radical (unpaired) electrons. The van der Waals surface area contributed by atoms with Crippen molar-refractivity contribution in [3.05, 3.63) is 51.3 Å². The molecule has 0 bridgehead atoms. The average Bonchev–Trinajstić information content (AvgIpc) is 3.30. The number of aryl methyl sites for hydroxylation is 1. The van der Waals surface area contributed by atoms with Gasteiger partial charge in [-0.2, -0.15) is 0 Å². The van der Waals surface area contributed by atoms with Crippen molar-refractivity contribution in [1.82, 2.24) is 15.6 Å². The van der Waals surface area contributed by atoms with Gasteiger partial charge in [-0.1, -0.05) is 25.1 Å². The lowest BCUT2D eigenvalue weighted by Gasteiger charge is -2.14. The predicted molar refractivity (Wildman–Crippen MR) is 111 cm³/mol. The molecule has 5 nitrogen and oxygen atoms in total. The second-order valence-electron chi connectivity index (χ2n) is 5.92. The normalized spacial score (nSPS) is 13.1. The third-order valence-electron chi connectivity index (χ3n) is 4.03. The minimum atomic E-state index is -0.559. The van der Waals surface area contributed by atoms with Crippen molar-refractivity contribution < 1.29 is 5.11 Å². The first-order valence-corrected chi connectivity index (χ1v) is 10.4. The van der Waals surface area contributed by atoms with Crippen LogP contribution in [0.25, 0.3) is 10.1 Å². The summed E-state index contributed by atoms with van der Waals surface area (Å²) in [4.78, 5) is 9.75. The quantitative estimate of drug-likeness (QED) is 0.429. The number of aliphatic imine (C=N–C) groups is 1. The van der Waals surface area contributed by atoms with Gasteiger partial charge < -0.3 is 15.7 Å². The number of aromatic nitrogens is 1. The average molecular weight is 389 g/mol. The van der Waals surface area contributed by atoms with Gasteiger partial charge >= 0.3 is 0 Å². The zero-order valence-electron chi connectivity index (χ0n) is 15.0. The minimum absolute atomic E-state index is 0.420. The highest BCUT2D eigenvalue weighted by atomic mass is 32.1. The third-order valence-corrected chi connectivity index (χ3v) is 6.29. The van der Waals surface area contributed by atoms with Gasteiger partial charge in [0.1, 0.15) is 6.10 Å². The number of aliphatic hydroxyl groups excluding tert-OH is 1. The zero-order chi connectivity index (χ0) is 18.4. The van der Waals surface area contributed by atoms with Crippen LogP contribution in [0, 0.1) is 0 Å². The highest BCUT2D eigenvalue weighted by Gasteiger charge is 2.12. The number of thiazole rings is 1. The van der Waals surface area contributed by atoms with E-state index in [9.17, 15) is 5.11 Å². The number of aliphatic hydroxyl groups is 1. The van der Waals surface area contributed by atoms with Gasteiger partial charge in [-0.15, -0.1) is 22.7 Å². The lowest BCUT2D eigenvalue weighted by molar-refractivity contribution is 0.184. The van der Waals surface area contributed by atoms with Crippen molar-refractivity contribution in [2.45, 2.75) is 25.9 Å². The Morgan fingerprint density at radius 2 is 2.15 bits per heavy atom. The molecule has 138 valence electrons. The van der Waals surface area contributed by atoms with Crippen molar-refractivity contribution in [2.75, 3.05) is 20.1 Å². The Morgan fingerprint density at radius 1 is 1.31 bits per heavy atom. The highest BCUT2D eigenvalue weighted by Crippen LogP contribution is 2.29. The van der Waals surface area contributed by atoms with Crippen LogP contribution in [0.15, 0.2) is 40.7 Å². The van der Waals surface area contributed by atoms with E-state index in [1.54, 1.807) is 29.7 Å². The zero-order valence-corrected chi connectivity index (χ0v) is 16.7. The van der Waals surface area contributed by atoms with Gasteiger partial charge in [-0.05, 0) is 23.9 Å². The maximum Gasteiger partial charge on any atom is 0.191 e. The molecule has 2 aromatic heterocycles. The van der Waals surface area contributed by atoms with Crippen molar-refractivity contribution in [3.63, 3.8) is 0 Å². The molecule has 3 rings (SSSR count). The van der Waals surface area contributed by atoms with E-state index >= 15 is 0 Å². The Hall–Kier alpha value is -1.96. The van der Waals surface area contributed by atoms with Crippen LogP contribution in [-0.2, 0) is 12.8 Å². The molecular weight excluding hydrogens is 364 g/mol. The summed E-state index contributed by atoms with van der Waals surface area (Å²) in [6.45, 7) is 3.29. The summed E-state index contributed by atoms with van der Waals surface area (Å²) in [6, 6.07) is 10.2. The standard InChI is InChI=1S/C19H24N4OS2/c1-3-18-23-14(12-25-18)8-9-21-19(20-2)22-11-15(24)17-10-13-6-4-5-7-16(13)26-17/h4-7,10,12,15,24H,3,8-9,11H2,1-2H3,(H2,20,21,22). The van der Waals surface area contributed by atoms with Crippen molar-refractivity contribution in [2.24, 2.45) is 4.99 Å². The monoisotopic (exact) mass is 388 g/mol. The molecule has 0 saturated carbocycles. The molecule has 0 aliphatic carbocycles. The fourth-order valence-corrected chi connectivity index (χ4v) is 4.45. The predicted octanol–water partition coefficient (Wildman–Crippen LogP) is 3.36. The largest absolute Gasteiger partial charge is 0.386 e. The Morgan fingerprint density at radius 3 is 2.88 bits per heavy atom. The summed E-state index contributed by atoms with van der Waals surface area (Å²) >= 11 is 3.34. The Kier molecular flexibility index (Phi) is 6.60. The highest BCUT2D eigenvalue weighted by molar-refractivity contribution is 7.19. The van der Waals surface area contributed by atoms with E-state index in [4.69, 9.17) is 0 Å². The first-order chi connectivity index (χ1) is 12.7. The second-order valence-corrected chi connectivity index (χ2v) is 7.98. The smallest absolute Gasteiger partial charge is 0.191 e. The Bertz CT molecular complexity index is 838. The third kappa shape index (κ3) is 4.81. The van der Waals surface area contributed by atoms with Crippen molar-refractivity contribution in [3.8, 4) is 0 Å². The van der Waals surface area contributed by atoms with E-state index in [2.05, 4.69) is 51.1 Å². The van der Waals surface area contributed by atoms with E-state index < -0.39 is 6.10 Å². The van der Waals surface area contributed by atoms with Crippen LogP contribution in [0.1, 0.15) is 28.6 Å². The van der Waals surface area contributed by atoms with E-state index in [1.165, 1.54) is 15.1 Å². The number of hydrogen-bond acceptors (Lipinski definition) is 5. The first kappa shape index (κ1) is 18.8. The number of nitrogens with one attached hydrogen (secondary N) is 2. The number of thiophene rings is 1. The summed E-state index contributed by atoms with van der Waals surface area (Å²) in [5.74, 6) is 0.691. The Balaban J connectivity index is 1.47. The van der Waals surface area contributed by atoms with Gasteiger partial charge in [0.05, 0.1) is 10.7 Å². The van der Waals surface area contributed by atoms with Gasteiger partial charge in [0.15, 0.2) is 5.96 Å². The molecule has 0 amide bonds. The maximum atomic E-state index is 10.5. The van der Waals surface area contributed by atoms with Crippen LogP contribution in [-0.4, -0.2) is 36.2 Å². The van der Waals surface area contributed by atoms with Crippen LogP contribution in [0.5, 0.6) is 0 Å². The van der Waals surface area contributed by atoms with Crippen LogP contribution in [0.3, 0.4) is 0 Å².